The van der Waals surface area contributed by atoms with Gasteiger partial charge in [0, 0.05) is 13.1 Å². The number of sulfonamides is 1. The summed E-state index contributed by atoms with van der Waals surface area (Å²) < 4.78 is 31.9. The summed E-state index contributed by atoms with van der Waals surface area (Å²) in [6.07, 6.45) is 2.41. The van der Waals surface area contributed by atoms with Crippen molar-refractivity contribution in [2.45, 2.75) is 4.90 Å². The van der Waals surface area contributed by atoms with Crippen LogP contribution in [0.5, 0.6) is 5.75 Å². The molecule has 0 radical (unpaired) electrons. The zero-order valence-corrected chi connectivity index (χ0v) is 12.9. The smallest absolute Gasteiger partial charge is 0.265 e. The van der Waals surface area contributed by atoms with E-state index >= 15 is 0 Å². The number of hydrogen-bond acceptors (Lipinski definition) is 6. The lowest BCUT2D eigenvalue weighted by molar-refractivity contribution is 0.415. The maximum atomic E-state index is 12.2. The third kappa shape index (κ3) is 3.53. The first kappa shape index (κ1) is 15.3. The summed E-state index contributed by atoms with van der Waals surface area (Å²) in [5.41, 5.74) is 0.216. The fourth-order valence-corrected chi connectivity index (χ4v) is 2.68. The minimum absolute atomic E-state index is 0.0691. The summed E-state index contributed by atoms with van der Waals surface area (Å²) in [7, 11) is -0.714. The molecule has 0 spiro atoms. The Balaban J connectivity index is 2.32. The standard InChI is InChI=1S/C12H13ClN4O3S/c1-14-12-15-6-9(7-16-12)21(18,19)17-11-5-8(20-2)3-4-10(11)13/h3-7,17H,1-2H3,(H,14,15,16). The minimum Gasteiger partial charge on any atom is -0.497 e. The molecule has 0 fully saturated rings. The molecule has 7 nitrogen and oxygen atoms in total. The number of methoxy groups -OCH3 is 1. The van der Waals surface area contributed by atoms with Crippen molar-refractivity contribution in [1.29, 1.82) is 0 Å². The summed E-state index contributed by atoms with van der Waals surface area (Å²) in [5.74, 6) is 0.812. The summed E-state index contributed by atoms with van der Waals surface area (Å²) in [6, 6.07) is 4.66. The first-order valence-corrected chi connectivity index (χ1v) is 7.68. The minimum atomic E-state index is -3.83. The monoisotopic (exact) mass is 328 g/mol. The lowest BCUT2D eigenvalue weighted by Crippen LogP contribution is -2.14. The van der Waals surface area contributed by atoms with Gasteiger partial charge in [-0.1, -0.05) is 11.6 Å². The van der Waals surface area contributed by atoms with Crippen molar-refractivity contribution in [2.75, 3.05) is 24.2 Å². The van der Waals surface area contributed by atoms with Crippen molar-refractivity contribution in [3.05, 3.63) is 35.6 Å². The van der Waals surface area contributed by atoms with Gasteiger partial charge in [0.05, 0.1) is 30.2 Å². The topological polar surface area (TPSA) is 93.2 Å². The molecule has 0 aliphatic carbocycles. The van der Waals surface area contributed by atoms with Gasteiger partial charge in [-0.15, -0.1) is 0 Å². The lowest BCUT2D eigenvalue weighted by atomic mass is 10.3. The van der Waals surface area contributed by atoms with E-state index in [1.54, 1.807) is 19.2 Å². The number of ether oxygens (including phenoxy) is 1. The van der Waals surface area contributed by atoms with Gasteiger partial charge < -0.3 is 10.1 Å². The van der Waals surface area contributed by atoms with E-state index in [1.165, 1.54) is 25.6 Å². The van der Waals surface area contributed by atoms with E-state index in [1.807, 2.05) is 0 Å². The van der Waals surface area contributed by atoms with Crippen LogP contribution in [-0.4, -0.2) is 32.5 Å². The molecular weight excluding hydrogens is 316 g/mol. The predicted octanol–water partition coefficient (Wildman–Crippen LogP) is 1.98. The van der Waals surface area contributed by atoms with Gasteiger partial charge in [0.25, 0.3) is 10.0 Å². The second-order valence-corrected chi connectivity index (χ2v) is 6.03. The molecular formula is C12H13ClN4O3S. The van der Waals surface area contributed by atoms with Crippen LogP contribution < -0.4 is 14.8 Å². The van der Waals surface area contributed by atoms with Crippen LogP contribution in [0.4, 0.5) is 11.6 Å². The van der Waals surface area contributed by atoms with Crippen molar-refractivity contribution in [1.82, 2.24) is 9.97 Å². The quantitative estimate of drug-likeness (QED) is 0.871. The SMILES string of the molecule is CNc1ncc(S(=O)(=O)Nc2cc(OC)ccc2Cl)cn1. The Bertz CT molecular complexity index is 735. The van der Waals surface area contributed by atoms with Crippen LogP contribution in [0.15, 0.2) is 35.5 Å². The third-order valence-electron chi connectivity index (χ3n) is 2.58. The average molecular weight is 329 g/mol. The fourth-order valence-electron chi connectivity index (χ4n) is 1.50. The van der Waals surface area contributed by atoms with Crippen molar-refractivity contribution < 1.29 is 13.2 Å². The Hall–Kier alpha value is -2.06. The van der Waals surface area contributed by atoms with Crippen LogP contribution in [-0.2, 0) is 10.0 Å². The molecule has 2 rings (SSSR count). The van der Waals surface area contributed by atoms with E-state index in [0.29, 0.717) is 11.7 Å². The van der Waals surface area contributed by atoms with Crippen molar-refractivity contribution in [3.63, 3.8) is 0 Å². The first-order valence-electron chi connectivity index (χ1n) is 5.82. The number of nitrogens with zero attached hydrogens (tertiary/aromatic N) is 2. The molecule has 0 unspecified atom stereocenters. The highest BCUT2D eigenvalue weighted by Gasteiger charge is 2.17. The Morgan fingerprint density at radius 2 is 1.90 bits per heavy atom. The fraction of sp³-hybridized carbons (Fsp3) is 0.167. The molecule has 0 saturated heterocycles. The second kappa shape index (κ2) is 6.15. The number of benzene rings is 1. The first-order chi connectivity index (χ1) is 9.96. The molecule has 112 valence electrons. The van der Waals surface area contributed by atoms with Crippen LogP contribution in [0.3, 0.4) is 0 Å². The molecule has 1 aromatic carbocycles. The molecule has 0 aliphatic rings. The molecule has 0 atom stereocenters. The van der Waals surface area contributed by atoms with Gasteiger partial charge in [-0.3, -0.25) is 4.72 Å². The van der Waals surface area contributed by atoms with Gasteiger partial charge in [-0.2, -0.15) is 0 Å². The van der Waals surface area contributed by atoms with Gasteiger partial charge in [0.1, 0.15) is 10.6 Å². The number of anilines is 2. The van der Waals surface area contributed by atoms with Crippen LogP contribution in [0.2, 0.25) is 5.02 Å². The number of halogens is 1. The maximum absolute atomic E-state index is 12.2. The summed E-state index contributed by atoms with van der Waals surface area (Å²) >= 11 is 5.97. The Labute approximate surface area is 127 Å². The highest BCUT2D eigenvalue weighted by Crippen LogP contribution is 2.28. The highest BCUT2D eigenvalue weighted by molar-refractivity contribution is 7.92. The molecule has 2 N–H and O–H groups in total. The summed E-state index contributed by atoms with van der Waals surface area (Å²) in [6.45, 7) is 0. The molecule has 9 heteroatoms. The highest BCUT2D eigenvalue weighted by atomic mass is 35.5. The molecule has 0 aliphatic heterocycles. The zero-order chi connectivity index (χ0) is 15.5. The van der Waals surface area contributed by atoms with E-state index in [4.69, 9.17) is 16.3 Å². The van der Waals surface area contributed by atoms with E-state index in [0.717, 1.165) is 0 Å². The van der Waals surface area contributed by atoms with Gasteiger partial charge in [-0.25, -0.2) is 18.4 Å². The van der Waals surface area contributed by atoms with Gasteiger partial charge >= 0.3 is 0 Å². The molecule has 1 aromatic heterocycles. The lowest BCUT2D eigenvalue weighted by Gasteiger charge is -2.10. The van der Waals surface area contributed by atoms with Crippen molar-refractivity contribution in [3.8, 4) is 5.75 Å². The summed E-state index contributed by atoms with van der Waals surface area (Å²) in [5, 5.41) is 2.96. The maximum Gasteiger partial charge on any atom is 0.265 e. The summed E-state index contributed by atoms with van der Waals surface area (Å²) in [4.78, 5) is 7.66. The molecule has 0 saturated carbocycles. The van der Waals surface area contributed by atoms with E-state index < -0.39 is 10.0 Å². The van der Waals surface area contributed by atoms with Crippen molar-refractivity contribution >= 4 is 33.3 Å². The van der Waals surface area contributed by atoms with Gasteiger partial charge in [0.2, 0.25) is 5.95 Å². The molecule has 0 amide bonds. The van der Waals surface area contributed by atoms with Gasteiger partial charge in [0.15, 0.2) is 0 Å². The Morgan fingerprint density at radius 3 is 2.48 bits per heavy atom. The van der Waals surface area contributed by atoms with Crippen LogP contribution in [0.1, 0.15) is 0 Å². The Morgan fingerprint density at radius 1 is 1.24 bits per heavy atom. The van der Waals surface area contributed by atoms with E-state index in [2.05, 4.69) is 20.0 Å². The van der Waals surface area contributed by atoms with Crippen LogP contribution >= 0.6 is 11.6 Å². The predicted molar refractivity (Wildman–Crippen MR) is 80.4 cm³/mol. The average Bonchev–Trinajstić information content (AvgIpc) is 2.49. The second-order valence-electron chi connectivity index (χ2n) is 3.94. The van der Waals surface area contributed by atoms with Gasteiger partial charge in [-0.05, 0) is 12.1 Å². The largest absolute Gasteiger partial charge is 0.497 e. The Kier molecular flexibility index (Phi) is 4.49. The zero-order valence-electron chi connectivity index (χ0n) is 11.3. The molecule has 0 bridgehead atoms. The van der Waals surface area contributed by atoms with Crippen LogP contribution in [0, 0.1) is 0 Å². The number of rotatable bonds is 5. The normalized spacial score (nSPS) is 11.0. The van der Waals surface area contributed by atoms with E-state index in [9.17, 15) is 8.42 Å². The van der Waals surface area contributed by atoms with E-state index in [-0.39, 0.29) is 15.6 Å². The number of nitrogens with one attached hydrogen (secondary N) is 2. The number of hydrogen-bond donors (Lipinski definition) is 2. The molecule has 1 heterocycles. The molecule has 2 aromatic rings. The molecule has 21 heavy (non-hydrogen) atoms. The van der Waals surface area contributed by atoms with Crippen LogP contribution in [0.25, 0.3) is 0 Å². The van der Waals surface area contributed by atoms with Crippen molar-refractivity contribution in [2.24, 2.45) is 0 Å². The third-order valence-corrected chi connectivity index (χ3v) is 4.23. The number of aromatic nitrogens is 2.